The van der Waals surface area contributed by atoms with Gasteiger partial charge in [0.25, 0.3) is 0 Å². The summed E-state index contributed by atoms with van der Waals surface area (Å²) in [7, 11) is 0. The summed E-state index contributed by atoms with van der Waals surface area (Å²) in [5.41, 5.74) is 2.86. The van der Waals surface area contributed by atoms with Gasteiger partial charge in [-0.2, -0.15) is 0 Å². The van der Waals surface area contributed by atoms with Crippen LogP contribution in [0.1, 0.15) is 5.69 Å². The number of fused-ring (bicyclic) bond motifs is 1. The summed E-state index contributed by atoms with van der Waals surface area (Å²) in [5, 5.41) is 2.51. The van der Waals surface area contributed by atoms with Gasteiger partial charge in [0, 0.05) is 23.7 Å². The van der Waals surface area contributed by atoms with Crippen molar-refractivity contribution in [1.29, 1.82) is 0 Å². The van der Waals surface area contributed by atoms with Crippen molar-refractivity contribution in [3.63, 3.8) is 0 Å². The van der Waals surface area contributed by atoms with Crippen molar-refractivity contribution < 1.29 is 0 Å². The fourth-order valence-electron chi connectivity index (χ4n) is 2.33. The molecule has 1 aromatic carbocycles. The van der Waals surface area contributed by atoms with Crippen molar-refractivity contribution in [1.82, 2.24) is 24.9 Å². The van der Waals surface area contributed by atoms with Crippen LogP contribution in [0.4, 0.5) is 0 Å². The maximum Gasteiger partial charge on any atom is 0.193 e. The first-order chi connectivity index (χ1) is 11.3. The van der Waals surface area contributed by atoms with Gasteiger partial charge in [-0.05, 0) is 30.8 Å². The summed E-state index contributed by atoms with van der Waals surface area (Å²) in [6.45, 7) is 2.01. The maximum atomic E-state index is 4.73. The highest BCUT2D eigenvalue weighted by atomic mass is 32.2. The first kappa shape index (κ1) is 13.9. The molecule has 0 saturated heterocycles. The van der Waals surface area contributed by atoms with E-state index in [2.05, 4.69) is 26.0 Å². The van der Waals surface area contributed by atoms with Gasteiger partial charge in [-0.3, -0.25) is 0 Å². The molecule has 6 heteroatoms. The van der Waals surface area contributed by atoms with Crippen LogP contribution in [0.3, 0.4) is 0 Å². The Bertz CT molecular complexity index is 951. The number of aryl methyl sites for hydroxylation is 1. The number of H-pyrrole nitrogens is 1. The molecule has 4 rings (SSSR count). The van der Waals surface area contributed by atoms with Crippen molar-refractivity contribution in [2.75, 3.05) is 0 Å². The molecule has 0 amide bonds. The van der Waals surface area contributed by atoms with Gasteiger partial charge in [-0.1, -0.05) is 30.3 Å². The molecule has 23 heavy (non-hydrogen) atoms. The van der Waals surface area contributed by atoms with Gasteiger partial charge in [-0.15, -0.1) is 0 Å². The molecule has 0 spiro atoms. The molecular formula is C17H13N5S. The SMILES string of the molecule is Cc1cc2c(Sc3ncccn3)nc(-c3ccccc3)nc2[nH]1. The summed E-state index contributed by atoms with van der Waals surface area (Å²) < 4.78 is 0. The Hall–Kier alpha value is -2.73. The molecule has 0 atom stereocenters. The summed E-state index contributed by atoms with van der Waals surface area (Å²) in [5.74, 6) is 0.693. The van der Waals surface area contributed by atoms with E-state index in [0.717, 1.165) is 27.3 Å². The van der Waals surface area contributed by atoms with Crippen LogP contribution in [0.15, 0.2) is 65.0 Å². The number of hydrogen-bond donors (Lipinski definition) is 1. The number of nitrogens with one attached hydrogen (secondary N) is 1. The second kappa shape index (κ2) is 5.81. The van der Waals surface area contributed by atoms with E-state index in [0.29, 0.717) is 11.0 Å². The molecule has 0 fully saturated rings. The van der Waals surface area contributed by atoms with E-state index in [1.165, 1.54) is 11.8 Å². The third kappa shape index (κ3) is 2.80. The number of rotatable bonds is 3. The minimum absolute atomic E-state index is 0.672. The summed E-state index contributed by atoms with van der Waals surface area (Å²) in [6.07, 6.45) is 3.46. The van der Waals surface area contributed by atoms with E-state index in [9.17, 15) is 0 Å². The molecule has 5 nitrogen and oxygen atoms in total. The first-order valence-corrected chi connectivity index (χ1v) is 7.99. The molecule has 0 saturated carbocycles. The van der Waals surface area contributed by atoms with Crippen LogP contribution in [0.25, 0.3) is 22.4 Å². The zero-order valence-corrected chi connectivity index (χ0v) is 13.2. The Morgan fingerprint density at radius 3 is 2.52 bits per heavy atom. The Balaban J connectivity index is 1.87. The lowest BCUT2D eigenvalue weighted by molar-refractivity contribution is 0.961. The van der Waals surface area contributed by atoms with Crippen LogP contribution in [-0.4, -0.2) is 24.9 Å². The van der Waals surface area contributed by atoms with Crippen molar-refractivity contribution in [2.45, 2.75) is 17.1 Å². The van der Waals surface area contributed by atoms with E-state index in [1.807, 2.05) is 37.3 Å². The summed E-state index contributed by atoms with van der Waals surface area (Å²) in [4.78, 5) is 21.2. The molecule has 0 unspecified atom stereocenters. The predicted molar refractivity (Wildman–Crippen MR) is 90.2 cm³/mol. The number of benzene rings is 1. The highest BCUT2D eigenvalue weighted by Gasteiger charge is 2.13. The normalized spacial score (nSPS) is 11.0. The van der Waals surface area contributed by atoms with Gasteiger partial charge in [0.15, 0.2) is 11.0 Å². The maximum absolute atomic E-state index is 4.73. The van der Waals surface area contributed by atoms with E-state index >= 15 is 0 Å². The quantitative estimate of drug-likeness (QED) is 0.458. The van der Waals surface area contributed by atoms with Gasteiger partial charge in [-0.25, -0.2) is 19.9 Å². The topological polar surface area (TPSA) is 67.3 Å². The zero-order chi connectivity index (χ0) is 15.6. The van der Waals surface area contributed by atoms with Gasteiger partial charge in [0.2, 0.25) is 0 Å². The lowest BCUT2D eigenvalue weighted by Crippen LogP contribution is -1.94. The highest BCUT2D eigenvalue weighted by Crippen LogP contribution is 2.31. The van der Waals surface area contributed by atoms with E-state index < -0.39 is 0 Å². The van der Waals surface area contributed by atoms with E-state index in [4.69, 9.17) is 4.98 Å². The van der Waals surface area contributed by atoms with Crippen molar-refractivity contribution >= 4 is 22.8 Å². The average molecular weight is 319 g/mol. The van der Waals surface area contributed by atoms with Gasteiger partial charge < -0.3 is 4.98 Å². The van der Waals surface area contributed by atoms with Crippen LogP contribution in [0, 0.1) is 6.92 Å². The minimum atomic E-state index is 0.672. The van der Waals surface area contributed by atoms with Crippen LogP contribution in [0.2, 0.25) is 0 Å². The Labute approximate surface area is 137 Å². The average Bonchev–Trinajstić information content (AvgIpc) is 2.97. The van der Waals surface area contributed by atoms with E-state index in [-0.39, 0.29) is 0 Å². The predicted octanol–water partition coefficient (Wildman–Crippen LogP) is 3.87. The molecule has 0 aliphatic heterocycles. The molecule has 4 aromatic rings. The molecule has 0 bridgehead atoms. The first-order valence-electron chi connectivity index (χ1n) is 7.17. The number of aromatic amines is 1. The third-order valence-electron chi connectivity index (χ3n) is 3.35. The lowest BCUT2D eigenvalue weighted by atomic mass is 10.2. The van der Waals surface area contributed by atoms with Gasteiger partial charge >= 0.3 is 0 Å². The second-order valence-electron chi connectivity index (χ2n) is 5.07. The van der Waals surface area contributed by atoms with Crippen LogP contribution in [-0.2, 0) is 0 Å². The highest BCUT2D eigenvalue weighted by molar-refractivity contribution is 7.99. The second-order valence-corrected chi connectivity index (χ2v) is 6.02. The molecule has 0 aliphatic carbocycles. The molecular weight excluding hydrogens is 306 g/mol. The number of hydrogen-bond acceptors (Lipinski definition) is 5. The molecule has 112 valence electrons. The van der Waals surface area contributed by atoms with Crippen LogP contribution < -0.4 is 0 Å². The zero-order valence-electron chi connectivity index (χ0n) is 12.4. The van der Waals surface area contributed by atoms with Crippen molar-refractivity contribution in [3.8, 4) is 11.4 Å². The van der Waals surface area contributed by atoms with Crippen molar-refractivity contribution in [3.05, 3.63) is 60.6 Å². The molecule has 0 radical (unpaired) electrons. The van der Waals surface area contributed by atoms with Crippen LogP contribution >= 0.6 is 11.8 Å². The lowest BCUT2D eigenvalue weighted by Gasteiger charge is -2.05. The van der Waals surface area contributed by atoms with E-state index in [1.54, 1.807) is 18.5 Å². The molecule has 1 N–H and O–H groups in total. The number of nitrogens with zero attached hydrogens (tertiary/aromatic N) is 4. The van der Waals surface area contributed by atoms with Crippen LogP contribution in [0.5, 0.6) is 0 Å². The van der Waals surface area contributed by atoms with Crippen molar-refractivity contribution in [2.24, 2.45) is 0 Å². The van der Waals surface area contributed by atoms with Gasteiger partial charge in [0.05, 0.1) is 5.39 Å². The standard InChI is InChI=1S/C17H13N5S/c1-11-10-13-15(20-11)21-14(12-6-3-2-4-7-12)22-16(13)23-17-18-8-5-9-19-17/h2-10H,1H3,(H,20,21,22). The number of aromatic nitrogens is 5. The Morgan fingerprint density at radius 2 is 1.74 bits per heavy atom. The fraction of sp³-hybridized carbons (Fsp3) is 0.0588. The fourth-order valence-corrected chi connectivity index (χ4v) is 3.13. The minimum Gasteiger partial charge on any atom is -0.343 e. The monoisotopic (exact) mass is 319 g/mol. The molecule has 3 aromatic heterocycles. The summed E-state index contributed by atoms with van der Waals surface area (Å²) >= 11 is 1.45. The largest absolute Gasteiger partial charge is 0.343 e. The molecule has 3 heterocycles. The third-order valence-corrected chi connectivity index (χ3v) is 4.25. The van der Waals surface area contributed by atoms with Gasteiger partial charge in [0.1, 0.15) is 10.7 Å². The smallest absolute Gasteiger partial charge is 0.193 e. The molecule has 0 aliphatic rings. The Kier molecular flexibility index (Phi) is 3.51. The summed E-state index contributed by atoms with van der Waals surface area (Å²) in [6, 6.07) is 13.8. The Morgan fingerprint density at radius 1 is 0.957 bits per heavy atom.